The van der Waals surface area contributed by atoms with Crippen LogP contribution in [-0.4, -0.2) is 19.5 Å². The van der Waals surface area contributed by atoms with Crippen LogP contribution >= 0.6 is 11.3 Å². The Bertz CT molecular complexity index is 784. The molecular formula is C18H17NO3S. The van der Waals surface area contributed by atoms with Gasteiger partial charge in [-0.25, -0.2) is 0 Å². The van der Waals surface area contributed by atoms with Gasteiger partial charge in [0.2, 0.25) is 5.78 Å². The molecule has 0 saturated heterocycles. The third-order valence-electron chi connectivity index (χ3n) is 3.23. The van der Waals surface area contributed by atoms with Crippen LogP contribution in [-0.2, 0) is 0 Å². The fourth-order valence-electron chi connectivity index (χ4n) is 2.09. The van der Waals surface area contributed by atoms with Gasteiger partial charge in [-0.1, -0.05) is 6.07 Å². The zero-order chi connectivity index (χ0) is 16.8. The second-order valence-corrected chi connectivity index (χ2v) is 5.69. The van der Waals surface area contributed by atoms with E-state index in [1.807, 2.05) is 31.4 Å². The quantitative estimate of drug-likeness (QED) is 0.452. The number of Topliss-reactive ketones (excluding diaryl/α,β-unsaturated/α-hetero) is 1. The topological polar surface area (TPSA) is 59.3 Å². The lowest BCUT2D eigenvalue weighted by atomic mass is 10.0. The number of ketones is 1. The van der Waals surface area contributed by atoms with Crippen LogP contribution in [0.3, 0.4) is 0 Å². The lowest BCUT2D eigenvalue weighted by molar-refractivity contribution is 0.104. The third-order valence-corrected chi connectivity index (χ3v) is 4.25. The van der Waals surface area contributed by atoms with Gasteiger partial charge in [0.25, 0.3) is 0 Å². The number of aryl methyl sites for hydroxylation is 1. The van der Waals surface area contributed by atoms with Gasteiger partial charge in [0, 0.05) is 0 Å². The van der Waals surface area contributed by atoms with Crippen molar-refractivity contribution in [2.75, 3.05) is 13.7 Å². The van der Waals surface area contributed by atoms with Crippen LogP contribution < -0.4 is 9.47 Å². The smallest absolute Gasteiger partial charge is 0.213 e. The molecule has 0 bridgehead atoms. The largest absolute Gasteiger partial charge is 0.493 e. The number of hydrogen-bond acceptors (Lipinski definition) is 5. The van der Waals surface area contributed by atoms with E-state index in [-0.39, 0.29) is 11.4 Å². The van der Waals surface area contributed by atoms with Crippen molar-refractivity contribution >= 4 is 23.2 Å². The summed E-state index contributed by atoms with van der Waals surface area (Å²) in [6, 6.07) is 9.16. The molecule has 5 heteroatoms. The van der Waals surface area contributed by atoms with Crippen molar-refractivity contribution in [2.45, 2.75) is 13.8 Å². The first-order valence-corrected chi connectivity index (χ1v) is 8.00. The number of carbonyl (C=O) groups is 1. The second kappa shape index (κ2) is 7.61. The molecule has 0 aliphatic rings. The Balaban J connectivity index is 2.39. The fourth-order valence-corrected chi connectivity index (χ4v) is 2.97. The molecule has 0 aliphatic heterocycles. The highest BCUT2D eigenvalue weighted by molar-refractivity contribution is 7.12. The number of nitrogens with zero attached hydrogens (tertiary/aromatic N) is 1. The first kappa shape index (κ1) is 16.8. The lowest BCUT2D eigenvalue weighted by Crippen LogP contribution is -2.01. The van der Waals surface area contributed by atoms with Crippen LogP contribution in [0.5, 0.6) is 11.5 Å². The first-order chi connectivity index (χ1) is 11.1. The summed E-state index contributed by atoms with van der Waals surface area (Å²) in [5, 5.41) is 11.2. The maximum atomic E-state index is 12.5. The van der Waals surface area contributed by atoms with Gasteiger partial charge in [-0.3, -0.25) is 4.79 Å². The van der Waals surface area contributed by atoms with Crippen molar-refractivity contribution < 1.29 is 14.3 Å². The van der Waals surface area contributed by atoms with Crippen LogP contribution in [0.15, 0.2) is 35.2 Å². The Labute approximate surface area is 139 Å². The van der Waals surface area contributed by atoms with Crippen molar-refractivity contribution in [1.29, 1.82) is 5.26 Å². The summed E-state index contributed by atoms with van der Waals surface area (Å²) in [6.07, 6.45) is 1.57. The van der Waals surface area contributed by atoms with Crippen LogP contribution in [0.25, 0.3) is 6.08 Å². The van der Waals surface area contributed by atoms with E-state index in [1.165, 1.54) is 11.3 Å². The number of nitriles is 1. The number of hydrogen-bond donors (Lipinski definition) is 0. The minimum absolute atomic E-state index is 0.100. The number of thiophene rings is 1. The molecule has 1 aromatic carbocycles. The molecule has 0 aliphatic carbocycles. The zero-order valence-corrected chi connectivity index (χ0v) is 14.1. The molecule has 0 radical (unpaired) electrons. The van der Waals surface area contributed by atoms with E-state index in [0.717, 1.165) is 5.56 Å². The van der Waals surface area contributed by atoms with Crippen LogP contribution in [0.2, 0.25) is 0 Å². The standard InChI is InChI=1S/C18H17NO3S/c1-4-22-16-10-13(5-6-15(16)21-3)9-14(11-19)17(20)18-12(2)7-8-23-18/h5-10H,4H2,1-3H3/b14-9+. The summed E-state index contributed by atoms with van der Waals surface area (Å²) in [6.45, 7) is 4.24. The van der Waals surface area contributed by atoms with Crippen molar-refractivity contribution in [1.82, 2.24) is 0 Å². The molecule has 23 heavy (non-hydrogen) atoms. The zero-order valence-electron chi connectivity index (χ0n) is 13.3. The van der Waals surface area contributed by atoms with Crippen molar-refractivity contribution in [3.63, 3.8) is 0 Å². The molecule has 1 heterocycles. The summed E-state index contributed by atoms with van der Waals surface area (Å²) in [5.74, 6) is 0.942. The van der Waals surface area contributed by atoms with Gasteiger partial charge in [0.15, 0.2) is 11.5 Å². The highest BCUT2D eigenvalue weighted by Gasteiger charge is 2.16. The molecule has 0 unspecified atom stereocenters. The monoisotopic (exact) mass is 327 g/mol. The number of rotatable bonds is 6. The van der Waals surface area contributed by atoms with E-state index in [4.69, 9.17) is 9.47 Å². The number of carbonyl (C=O) groups excluding carboxylic acids is 1. The maximum absolute atomic E-state index is 12.5. The Morgan fingerprint density at radius 3 is 2.70 bits per heavy atom. The average molecular weight is 327 g/mol. The molecule has 1 aromatic heterocycles. The van der Waals surface area contributed by atoms with Gasteiger partial charge in [0.1, 0.15) is 11.6 Å². The Kier molecular flexibility index (Phi) is 5.56. The van der Waals surface area contributed by atoms with E-state index >= 15 is 0 Å². The second-order valence-electron chi connectivity index (χ2n) is 4.77. The molecule has 118 valence electrons. The Morgan fingerprint density at radius 1 is 1.35 bits per heavy atom. The molecular weight excluding hydrogens is 310 g/mol. The lowest BCUT2D eigenvalue weighted by Gasteiger charge is -2.09. The fraction of sp³-hybridized carbons (Fsp3) is 0.222. The molecule has 0 spiro atoms. The Hall–Kier alpha value is -2.58. The van der Waals surface area contributed by atoms with Crippen LogP contribution in [0.4, 0.5) is 0 Å². The van der Waals surface area contributed by atoms with E-state index in [9.17, 15) is 10.1 Å². The van der Waals surface area contributed by atoms with Gasteiger partial charge >= 0.3 is 0 Å². The molecule has 4 nitrogen and oxygen atoms in total. The average Bonchev–Trinajstić information content (AvgIpc) is 2.98. The van der Waals surface area contributed by atoms with Crippen molar-refractivity contribution in [3.05, 3.63) is 51.2 Å². The molecule has 0 saturated carbocycles. The molecule has 0 atom stereocenters. The minimum Gasteiger partial charge on any atom is -0.493 e. The van der Waals surface area contributed by atoms with Gasteiger partial charge in [-0.2, -0.15) is 5.26 Å². The number of benzene rings is 1. The molecule has 0 fully saturated rings. The molecule has 2 aromatic rings. The number of methoxy groups -OCH3 is 1. The van der Waals surface area contributed by atoms with E-state index in [0.29, 0.717) is 28.5 Å². The first-order valence-electron chi connectivity index (χ1n) is 7.12. The predicted octanol–water partition coefficient (Wildman–Crippen LogP) is 4.25. The van der Waals surface area contributed by atoms with Gasteiger partial charge in [-0.05, 0) is 54.6 Å². The van der Waals surface area contributed by atoms with Gasteiger partial charge < -0.3 is 9.47 Å². The minimum atomic E-state index is -0.256. The SMILES string of the molecule is CCOc1cc(/C=C(\C#N)C(=O)c2sccc2C)ccc1OC. The maximum Gasteiger partial charge on any atom is 0.213 e. The molecule has 0 amide bonds. The van der Waals surface area contributed by atoms with E-state index in [2.05, 4.69) is 0 Å². The third kappa shape index (κ3) is 3.79. The summed E-state index contributed by atoms with van der Waals surface area (Å²) in [7, 11) is 1.57. The van der Waals surface area contributed by atoms with Crippen molar-refractivity contribution in [2.24, 2.45) is 0 Å². The van der Waals surface area contributed by atoms with E-state index < -0.39 is 0 Å². The predicted molar refractivity (Wildman–Crippen MR) is 91.1 cm³/mol. The normalized spacial score (nSPS) is 11.0. The van der Waals surface area contributed by atoms with Gasteiger partial charge in [-0.15, -0.1) is 11.3 Å². The summed E-state index contributed by atoms with van der Waals surface area (Å²) >= 11 is 1.34. The highest BCUT2D eigenvalue weighted by Crippen LogP contribution is 2.29. The van der Waals surface area contributed by atoms with Gasteiger partial charge in [0.05, 0.1) is 18.6 Å². The van der Waals surface area contributed by atoms with Crippen LogP contribution in [0, 0.1) is 18.3 Å². The molecule has 2 rings (SSSR count). The summed E-state index contributed by atoms with van der Waals surface area (Å²) in [4.78, 5) is 13.1. The van der Waals surface area contributed by atoms with E-state index in [1.54, 1.807) is 31.4 Å². The summed E-state index contributed by atoms with van der Waals surface area (Å²) in [5.41, 5.74) is 1.70. The highest BCUT2D eigenvalue weighted by atomic mass is 32.1. The summed E-state index contributed by atoms with van der Waals surface area (Å²) < 4.78 is 10.7. The van der Waals surface area contributed by atoms with Crippen molar-refractivity contribution in [3.8, 4) is 17.6 Å². The number of ether oxygens (including phenoxy) is 2. The van der Waals surface area contributed by atoms with Crippen LogP contribution in [0.1, 0.15) is 27.7 Å². The Morgan fingerprint density at radius 2 is 2.13 bits per heavy atom. The molecule has 0 N–H and O–H groups in total. The number of allylic oxidation sites excluding steroid dienone is 1.